The molecule has 0 fully saturated rings. The third-order valence-corrected chi connectivity index (χ3v) is 3.91. The fraction of sp³-hybridized carbons (Fsp3) is 0.667. The van der Waals surface area contributed by atoms with Gasteiger partial charge in [0, 0.05) is 18.8 Å². The van der Waals surface area contributed by atoms with Crippen LogP contribution in [0.5, 0.6) is 0 Å². The zero-order valence-corrected chi connectivity index (χ0v) is 13.7. The lowest BCUT2D eigenvalue weighted by atomic mass is 10.1. The molecule has 0 spiro atoms. The molecular formula is C18H31FN2. The predicted molar refractivity (Wildman–Crippen MR) is 91.3 cm³/mol. The topological polar surface area (TPSA) is 29.3 Å². The highest BCUT2D eigenvalue weighted by atomic mass is 19.1. The van der Waals surface area contributed by atoms with Gasteiger partial charge in [0.15, 0.2) is 0 Å². The molecule has 0 bridgehead atoms. The molecule has 1 aromatic carbocycles. The van der Waals surface area contributed by atoms with Crippen molar-refractivity contribution in [1.29, 1.82) is 0 Å². The fourth-order valence-corrected chi connectivity index (χ4v) is 2.54. The fourth-order valence-electron chi connectivity index (χ4n) is 2.54. The van der Waals surface area contributed by atoms with Crippen molar-refractivity contribution in [3.05, 3.63) is 24.0 Å². The average molecular weight is 294 g/mol. The summed E-state index contributed by atoms with van der Waals surface area (Å²) in [7, 11) is 0. The lowest BCUT2D eigenvalue weighted by Gasteiger charge is -2.25. The summed E-state index contributed by atoms with van der Waals surface area (Å²) >= 11 is 0. The molecule has 2 N–H and O–H groups in total. The quantitative estimate of drug-likeness (QED) is 0.439. The Morgan fingerprint density at radius 3 is 1.95 bits per heavy atom. The minimum atomic E-state index is -0.306. The standard InChI is InChI=1S/C18H31FN2/c1-3-5-7-9-13-21(14-10-8-6-4-2)16-11-12-18(20)17(19)15-16/h11-12,15H,3-10,13-14,20H2,1-2H3. The van der Waals surface area contributed by atoms with Gasteiger partial charge in [0.1, 0.15) is 5.82 Å². The molecule has 2 nitrogen and oxygen atoms in total. The molecule has 0 radical (unpaired) electrons. The summed E-state index contributed by atoms with van der Waals surface area (Å²) in [6.07, 6.45) is 9.89. The van der Waals surface area contributed by atoms with Gasteiger partial charge in [-0.2, -0.15) is 0 Å². The van der Waals surface area contributed by atoms with Crippen molar-refractivity contribution in [3.63, 3.8) is 0 Å². The summed E-state index contributed by atoms with van der Waals surface area (Å²) in [5, 5.41) is 0. The van der Waals surface area contributed by atoms with Crippen LogP contribution in [0.15, 0.2) is 18.2 Å². The van der Waals surface area contributed by atoms with Crippen LogP contribution in [-0.4, -0.2) is 13.1 Å². The number of nitrogen functional groups attached to an aromatic ring is 1. The van der Waals surface area contributed by atoms with Crippen molar-refractivity contribution < 1.29 is 4.39 Å². The SMILES string of the molecule is CCCCCCN(CCCCCC)c1ccc(N)c(F)c1. The molecule has 0 aromatic heterocycles. The zero-order chi connectivity index (χ0) is 15.5. The molecule has 0 aliphatic heterocycles. The van der Waals surface area contributed by atoms with Gasteiger partial charge in [0.2, 0.25) is 0 Å². The molecule has 3 heteroatoms. The highest BCUT2D eigenvalue weighted by Crippen LogP contribution is 2.21. The second kappa shape index (κ2) is 10.5. The van der Waals surface area contributed by atoms with Crippen molar-refractivity contribution in [2.24, 2.45) is 0 Å². The minimum absolute atomic E-state index is 0.232. The maximum atomic E-state index is 13.7. The lowest BCUT2D eigenvalue weighted by molar-refractivity contribution is 0.604. The van der Waals surface area contributed by atoms with Crippen LogP contribution in [0.4, 0.5) is 15.8 Å². The van der Waals surface area contributed by atoms with Gasteiger partial charge in [-0.1, -0.05) is 52.4 Å². The van der Waals surface area contributed by atoms with Gasteiger partial charge in [-0.05, 0) is 31.0 Å². The zero-order valence-electron chi connectivity index (χ0n) is 13.7. The second-order valence-corrected chi connectivity index (χ2v) is 5.81. The molecule has 0 unspecified atom stereocenters. The van der Waals surface area contributed by atoms with Crippen LogP contribution in [0.25, 0.3) is 0 Å². The number of halogens is 1. The number of benzene rings is 1. The van der Waals surface area contributed by atoms with E-state index < -0.39 is 0 Å². The molecule has 0 aliphatic rings. The summed E-state index contributed by atoms with van der Waals surface area (Å²) in [5.41, 5.74) is 6.77. The van der Waals surface area contributed by atoms with E-state index in [4.69, 9.17) is 5.73 Å². The van der Waals surface area contributed by atoms with Gasteiger partial charge in [-0.15, -0.1) is 0 Å². The third kappa shape index (κ3) is 6.83. The number of anilines is 2. The van der Waals surface area contributed by atoms with Crippen molar-refractivity contribution in [3.8, 4) is 0 Å². The van der Waals surface area contributed by atoms with Crippen molar-refractivity contribution in [1.82, 2.24) is 0 Å². The molecule has 0 aliphatic carbocycles. The molecule has 0 heterocycles. The molecule has 1 aromatic rings. The number of nitrogens with two attached hydrogens (primary N) is 1. The van der Waals surface area contributed by atoms with Gasteiger partial charge in [-0.3, -0.25) is 0 Å². The molecule has 0 atom stereocenters. The van der Waals surface area contributed by atoms with Gasteiger partial charge in [0.25, 0.3) is 0 Å². The monoisotopic (exact) mass is 294 g/mol. The summed E-state index contributed by atoms with van der Waals surface area (Å²) in [6, 6.07) is 5.20. The van der Waals surface area contributed by atoms with Gasteiger partial charge in [0.05, 0.1) is 5.69 Å². The first-order valence-corrected chi connectivity index (χ1v) is 8.49. The number of hydrogen-bond donors (Lipinski definition) is 1. The molecule has 120 valence electrons. The maximum absolute atomic E-state index is 13.7. The predicted octanol–water partition coefficient (Wildman–Crippen LogP) is 5.37. The first kappa shape index (κ1) is 17.8. The Morgan fingerprint density at radius 1 is 0.905 bits per heavy atom. The highest BCUT2D eigenvalue weighted by molar-refractivity contribution is 5.54. The number of rotatable bonds is 11. The smallest absolute Gasteiger partial charge is 0.148 e. The Morgan fingerprint density at radius 2 is 1.48 bits per heavy atom. The van der Waals surface area contributed by atoms with E-state index in [1.807, 2.05) is 6.07 Å². The average Bonchev–Trinajstić information content (AvgIpc) is 2.48. The third-order valence-electron chi connectivity index (χ3n) is 3.91. The van der Waals surface area contributed by atoms with Crippen molar-refractivity contribution >= 4 is 11.4 Å². The Balaban J connectivity index is 2.58. The number of hydrogen-bond acceptors (Lipinski definition) is 2. The van der Waals surface area contributed by atoms with Crippen LogP contribution in [-0.2, 0) is 0 Å². The normalized spacial score (nSPS) is 10.8. The summed E-state index contributed by atoms with van der Waals surface area (Å²) < 4.78 is 13.7. The highest BCUT2D eigenvalue weighted by Gasteiger charge is 2.08. The Labute approximate surface area is 129 Å². The van der Waals surface area contributed by atoms with Gasteiger partial charge in [-0.25, -0.2) is 4.39 Å². The van der Waals surface area contributed by atoms with Crippen LogP contribution < -0.4 is 10.6 Å². The number of nitrogens with zero attached hydrogens (tertiary/aromatic N) is 1. The van der Waals surface area contributed by atoms with E-state index in [9.17, 15) is 4.39 Å². The molecule has 1 rings (SSSR count). The first-order valence-electron chi connectivity index (χ1n) is 8.49. The van der Waals surface area contributed by atoms with Gasteiger partial charge < -0.3 is 10.6 Å². The van der Waals surface area contributed by atoms with E-state index in [0.29, 0.717) is 0 Å². The largest absolute Gasteiger partial charge is 0.396 e. The minimum Gasteiger partial charge on any atom is -0.396 e. The van der Waals surface area contributed by atoms with E-state index in [0.717, 1.165) is 18.8 Å². The summed E-state index contributed by atoms with van der Waals surface area (Å²) in [6.45, 7) is 6.46. The van der Waals surface area contributed by atoms with E-state index in [2.05, 4.69) is 18.7 Å². The van der Waals surface area contributed by atoms with Crippen LogP contribution in [0.1, 0.15) is 65.2 Å². The van der Waals surface area contributed by atoms with Crippen molar-refractivity contribution in [2.45, 2.75) is 65.2 Å². The Bertz CT molecular complexity index is 381. The van der Waals surface area contributed by atoms with Gasteiger partial charge >= 0.3 is 0 Å². The lowest BCUT2D eigenvalue weighted by Crippen LogP contribution is -2.26. The maximum Gasteiger partial charge on any atom is 0.148 e. The Kier molecular flexibility index (Phi) is 8.88. The summed E-state index contributed by atoms with van der Waals surface area (Å²) in [5.74, 6) is -0.306. The van der Waals surface area contributed by atoms with Crippen LogP contribution >= 0.6 is 0 Å². The Hall–Kier alpha value is -1.25. The van der Waals surface area contributed by atoms with E-state index in [1.165, 1.54) is 51.4 Å². The number of unbranched alkanes of at least 4 members (excludes halogenated alkanes) is 6. The molecule has 0 saturated heterocycles. The van der Waals surface area contributed by atoms with Crippen molar-refractivity contribution in [2.75, 3.05) is 23.7 Å². The molecular weight excluding hydrogens is 263 g/mol. The van der Waals surface area contributed by atoms with Crippen LogP contribution in [0.2, 0.25) is 0 Å². The molecule has 0 amide bonds. The molecule has 21 heavy (non-hydrogen) atoms. The first-order chi connectivity index (χ1) is 10.2. The van der Waals surface area contributed by atoms with E-state index in [-0.39, 0.29) is 11.5 Å². The van der Waals surface area contributed by atoms with Crippen LogP contribution in [0.3, 0.4) is 0 Å². The molecule has 0 saturated carbocycles. The van der Waals surface area contributed by atoms with Crippen LogP contribution in [0, 0.1) is 5.82 Å². The van der Waals surface area contributed by atoms with E-state index >= 15 is 0 Å². The van der Waals surface area contributed by atoms with E-state index in [1.54, 1.807) is 12.1 Å². The summed E-state index contributed by atoms with van der Waals surface area (Å²) in [4.78, 5) is 2.31. The second-order valence-electron chi connectivity index (χ2n) is 5.81.